The molecule has 5 nitrogen and oxygen atoms in total. The number of ether oxygens (including phenoxy) is 1. The van der Waals surface area contributed by atoms with Gasteiger partial charge in [-0.15, -0.1) is 0 Å². The van der Waals surface area contributed by atoms with E-state index >= 15 is 0 Å². The summed E-state index contributed by atoms with van der Waals surface area (Å²) in [6.07, 6.45) is 6.99. The lowest BCUT2D eigenvalue weighted by Crippen LogP contribution is -2.31. The number of carbonyl (C=O) groups is 2. The molecule has 29 heavy (non-hydrogen) atoms. The van der Waals surface area contributed by atoms with Crippen LogP contribution in [0.5, 0.6) is 0 Å². The minimum Gasteiger partial charge on any atom is -0.447 e. The molecular formula is C24H28N2O3. The van der Waals surface area contributed by atoms with Crippen molar-refractivity contribution in [3.63, 3.8) is 0 Å². The van der Waals surface area contributed by atoms with Crippen molar-refractivity contribution in [3.8, 4) is 0 Å². The van der Waals surface area contributed by atoms with Crippen LogP contribution in [0.1, 0.15) is 60.5 Å². The topological polar surface area (TPSA) is 58.6 Å². The van der Waals surface area contributed by atoms with E-state index in [2.05, 4.69) is 17.4 Å². The van der Waals surface area contributed by atoms with E-state index in [1.165, 1.54) is 32.1 Å². The molecule has 0 spiro atoms. The van der Waals surface area contributed by atoms with Gasteiger partial charge in [-0.2, -0.15) is 0 Å². The highest BCUT2D eigenvalue weighted by Crippen LogP contribution is 2.32. The van der Waals surface area contributed by atoms with Gasteiger partial charge in [0.25, 0.3) is 5.91 Å². The van der Waals surface area contributed by atoms with Gasteiger partial charge in [0, 0.05) is 11.3 Å². The Balaban J connectivity index is 1.50. The Bertz CT molecular complexity index is 846. The van der Waals surface area contributed by atoms with Crippen LogP contribution in [-0.4, -0.2) is 25.2 Å². The second-order valence-electron chi connectivity index (χ2n) is 7.99. The third kappa shape index (κ3) is 4.78. The van der Waals surface area contributed by atoms with Gasteiger partial charge in [-0.05, 0) is 36.1 Å². The number of hydrogen-bond donors (Lipinski definition) is 1. The first-order valence-electron chi connectivity index (χ1n) is 10.6. The third-order valence-corrected chi connectivity index (χ3v) is 5.98. The van der Waals surface area contributed by atoms with Gasteiger partial charge in [0.2, 0.25) is 0 Å². The summed E-state index contributed by atoms with van der Waals surface area (Å²) in [6.45, 7) is 0.894. The number of rotatable bonds is 6. The summed E-state index contributed by atoms with van der Waals surface area (Å²) in [6, 6.07) is 17.4. The summed E-state index contributed by atoms with van der Waals surface area (Å²) in [4.78, 5) is 26.5. The van der Waals surface area contributed by atoms with Crippen LogP contribution in [0, 0.1) is 5.92 Å². The molecule has 2 amide bonds. The Morgan fingerprint density at radius 1 is 1.07 bits per heavy atom. The summed E-state index contributed by atoms with van der Waals surface area (Å²) in [5, 5.41) is 3.25. The van der Waals surface area contributed by atoms with Crippen molar-refractivity contribution in [2.24, 2.45) is 5.92 Å². The molecule has 1 saturated heterocycles. The third-order valence-electron chi connectivity index (χ3n) is 5.98. The van der Waals surface area contributed by atoms with E-state index in [-0.39, 0.29) is 18.0 Å². The minimum absolute atomic E-state index is 0.00721. The molecule has 0 aromatic heterocycles. The average Bonchev–Trinajstić information content (AvgIpc) is 3.20. The number of cyclic esters (lactones) is 1. The van der Waals surface area contributed by atoms with E-state index in [0.717, 1.165) is 12.0 Å². The van der Waals surface area contributed by atoms with E-state index in [1.807, 2.05) is 30.3 Å². The van der Waals surface area contributed by atoms with E-state index in [0.29, 0.717) is 30.3 Å². The molecule has 152 valence electrons. The standard InChI is InChI=1S/C24H28N2O3/c27-23(20-12-7-13-21(17-20)26-14-15-29-24(26)28)25-22(19-10-5-2-6-11-19)16-18-8-3-1-4-9-18/h2,5-7,10-13,17-18,22H,1,3-4,8-9,14-16H2,(H,25,27). The van der Waals surface area contributed by atoms with Crippen molar-refractivity contribution in [2.45, 2.75) is 44.6 Å². The normalized spacial score (nSPS) is 18.3. The monoisotopic (exact) mass is 392 g/mol. The fourth-order valence-corrected chi connectivity index (χ4v) is 4.40. The van der Waals surface area contributed by atoms with Crippen molar-refractivity contribution in [3.05, 3.63) is 65.7 Å². The van der Waals surface area contributed by atoms with Gasteiger partial charge in [0.1, 0.15) is 6.61 Å². The molecule has 2 aliphatic rings. The second kappa shape index (κ2) is 9.12. The van der Waals surface area contributed by atoms with Crippen molar-refractivity contribution >= 4 is 17.7 Å². The first-order valence-corrected chi connectivity index (χ1v) is 10.6. The average molecular weight is 392 g/mol. The molecule has 5 heteroatoms. The zero-order chi connectivity index (χ0) is 20.1. The second-order valence-corrected chi connectivity index (χ2v) is 7.99. The van der Waals surface area contributed by atoms with Crippen LogP contribution < -0.4 is 10.2 Å². The van der Waals surface area contributed by atoms with E-state index < -0.39 is 0 Å². The highest BCUT2D eigenvalue weighted by atomic mass is 16.6. The molecule has 2 aromatic rings. The van der Waals surface area contributed by atoms with Crippen LogP contribution in [0.4, 0.5) is 10.5 Å². The van der Waals surface area contributed by atoms with Crippen LogP contribution in [0.15, 0.2) is 54.6 Å². The Morgan fingerprint density at radius 2 is 1.86 bits per heavy atom. The maximum atomic E-state index is 13.1. The summed E-state index contributed by atoms with van der Waals surface area (Å²) < 4.78 is 5.01. The molecule has 1 aliphatic heterocycles. The molecule has 1 saturated carbocycles. The summed E-state index contributed by atoms with van der Waals surface area (Å²) in [5.74, 6) is 0.545. The first kappa shape index (κ1) is 19.5. The van der Waals surface area contributed by atoms with Gasteiger partial charge >= 0.3 is 6.09 Å². The number of nitrogens with zero attached hydrogens (tertiary/aromatic N) is 1. The molecule has 2 aromatic carbocycles. The molecule has 2 fully saturated rings. The van der Waals surface area contributed by atoms with Gasteiger partial charge in [-0.3, -0.25) is 9.69 Å². The minimum atomic E-state index is -0.359. The highest BCUT2D eigenvalue weighted by Gasteiger charge is 2.25. The number of carbonyl (C=O) groups excluding carboxylic acids is 2. The van der Waals surface area contributed by atoms with Crippen LogP contribution >= 0.6 is 0 Å². The fraction of sp³-hybridized carbons (Fsp3) is 0.417. The number of hydrogen-bond acceptors (Lipinski definition) is 3. The quantitative estimate of drug-likeness (QED) is 0.745. The maximum absolute atomic E-state index is 13.1. The Labute approximate surface area is 172 Å². The highest BCUT2D eigenvalue weighted by molar-refractivity contribution is 5.97. The van der Waals surface area contributed by atoms with E-state index in [1.54, 1.807) is 17.0 Å². The van der Waals surface area contributed by atoms with Gasteiger partial charge in [-0.1, -0.05) is 68.5 Å². The predicted molar refractivity (Wildman–Crippen MR) is 113 cm³/mol. The van der Waals surface area contributed by atoms with E-state index in [4.69, 9.17) is 4.74 Å². The number of benzene rings is 2. The molecule has 1 N–H and O–H groups in total. The fourth-order valence-electron chi connectivity index (χ4n) is 4.40. The zero-order valence-electron chi connectivity index (χ0n) is 16.7. The van der Waals surface area contributed by atoms with Crippen LogP contribution in [-0.2, 0) is 4.74 Å². The summed E-state index contributed by atoms with van der Waals surface area (Å²) >= 11 is 0. The SMILES string of the molecule is O=C(NC(CC1CCCCC1)c1ccccc1)c1cccc(N2CCOC2=O)c1. The van der Waals surface area contributed by atoms with Gasteiger partial charge in [0.15, 0.2) is 0 Å². The molecular weight excluding hydrogens is 364 g/mol. The molecule has 1 atom stereocenters. The number of anilines is 1. The first-order chi connectivity index (χ1) is 14.2. The maximum Gasteiger partial charge on any atom is 0.414 e. The van der Waals surface area contributed by atoms with Crippen LogP contribution in [0.25, 0.3) is 0 Å². The molecule has 4 rings (SSSR count). The zero-order valence-corrected chi connectivity index (χ0v) is 16.7. The Hall–Kier alpha value is -2.82. The van der Waals surface area contributed by atoms with Crippen molar-refractivity contribution < 1.29 is 14.3 Å². The Morgan fingerprint density at radius 3 is 2.59 bits per heavy atom. The molecule has 0 radical (unpaired) electrons. The van der Waals surface area contributed by atoms with Crippen LogP contribution in [0.3, 0.4) is 0 Å². The largest absolute Gasteiger partial charge is 0.447 e. The van der Waals surface area contributed by atoms with Crippen molar-refractivity contribution in [2.75, 3.05) is 18.1 Å². The van der Waals surface area contributed by atoms with Crippen LogP contribution in [0.2, 0.25) is 0 Å². The Kier molecular flexibility index (Phi) is 6.13. The van der Waals surface area contributed by atoms with Gasteiger partial charge < -0.3 is 10.1 Å². The smallest absolute Gasteiger partial charge is 0.414 e. The lowest BCUT2D eigenvalue weighted by atomic mass is 9.83. The summed E-state index contributed by atoms with van der Waals surface area (Å²) in [7, 11) is 0. The van der Waals surface area contributed by atoms with Gasteiger partial charge in [-0.25, -0.2) is 4.79 Å². The number of nitrogens with one attached hydrogen (secondary N) is 1. The number of amides is 2. The molecule has 0 bridgehead atoms. The van der Waals surface area contributed by atoms with Gasteiger partial charge in [0.05, 0.1) is 12.6 Å². The van der Waals surface area contributed by atoms with E-state index in [9.17, 15) is 9.59 Å². The molecule has 1 unspecified atom stereocenters. The molecule has 1 heterocycles. The van der Waals surface area contributed by atoms with Crippen molar-refractivity contribution in [1.29, 1.82) is 0 Å². The lowest BCUT2D eigenvalue weighted by Gasteiger charge is -2.27. The lowest BCUT2D eigenvalue weighted by molar-refractivity contribution is 0.0928. The molecule has 1 aliphatic carbocycles. The van der Waals surface area contributed by atoms with Crippen molar-refractivity contribution in [1.82, 2.24) is 5.32 Å². The summed E-state index contributed by atoms with van der Waals surface area (Å²) in [5.41, 5.74) is 2.40. The predicted octanol–water partition coefficient (Wildman–Crippen LogP) is 5.08.